The Morgan fingerprint density at radius 2 is 1.94 bits per heavy atom. The van der Waals surface area contributed by atoms with Gasteiger partial charge in [0, 0.05) is 41.3 Å². The summed E-state index contributed by atoms with van der Waals surface area (Å²) >= 11 is 6.33. The van der Waals surface area contributed by atoms with Crippen LogP contribution in [0.4, 0.5) is 5.69 Å². The fraction of sp³-hybridized carbons (Fsp3) is 0.400. The van der Waals surface area contributed by atoms with Gasteiger partial charge in [-0.05, 0) is 63.4 Å². The molecule has 0 amide bonds. The molecule has 0 saturated carbocycles. The number of carbonyl (C=O) groups is 1. The SMILES string of the molecule is CCOC(=O)C1CCN(c2c(-c3cccc(Cl)c3)c3ccc(C)nc3n(CC)c2=O)CC1. The van der Waals surface area contributed by atoms with Crippen molar-refractivity contribution in [3.8, 4) is 11.1 Å². The third kappa shape index (κ3) is 4.11. The molecule has 168 valence electrons. The second-order valence-corrected chi connectivity index (χ2v) is 8.56. The van der Waals surface area contributed by atoms with E-state index < -0.39 is 0 Å². The molecule has 4 rings (SSSR count). The predicted octanol–water partition coefficient (Wildman–Crippen LogP) is 4.82. The normalized spacial score (nSPS) is 14.7. The number of carbonyl (C=O) groups excluding carboxylic acids is 1. The van der Waals surface area contributed by atoms with Gasteiger partial charge in [0.1, 0.15) is 11.3 Å². The number of aromatic nitrogens is 2. The van der Waals surface area contributed by atoms with E-state index in [0.29, 0.717) is 55.4 Å². The number of piperidine rings is 1. The maximum absolute atomic E-state index is 13.8. The lowest BCUT2D eigenvalue weighted by atomic mass is 9.94. The van der Waals surface area contributed by atoms with E-state index in [2.05, 4.69) is 4.90 Å². The quantitative estimate of drug-likeness (QED) is 0.518. The van der Waals surface area contributed by atoms with Gasteiger partial charge >= 0.3 is 5.97 Å². The minimum atomic E-state index is -0.147. The maximum atomic E-state index is 13.8. The molecule has 3 aromatic rings. The van der Waals surface area contributed by atoms with Crippen LogP contribution in [0, 0.1) is 12.8 Å². The van der Waals surface area contributed by atoms with E-state index in [-0.39, 0.29) is 17.4 Å². The molecule has 7 heteroatoms. The van der Waals surface area contributed by atoms with E-state index in [1.165, 1.54) is 0 Å². The van der Waals surface area contributed by atoms with Gasteiger partial charge in [0.2, 0.25) is 0 Å². The number of hydrogen-bond acceptors (Lipinski definition) is 5. The number of halogens is 1. The predicted molar refractivity (Wildman–Crippen MR) is 128 cm³/mol. The number of rotatable bonds is 5. The molecule has 6 nitrogen and oxygen atoms in total. The summed E-state index contributed by atoms with van der Waals surface area (Å²) in [4.78, 5) is 32.8. The third-order valence-corrected chi connectivity index (χ3v) is 6.32. The topological polar surface area (TPSA) is 64.4 Å². The Morgan fingerprint density at radius 1 is 1.19 bits per heavy atom. The fourth-order valence-electron chi connectivity index (χ4n) is 4.52. The molecule has 1 aromatic carbocycles. The van der Waals surface area contributed by atoms with Crippen LogP contribution in [0.3, 0.4) is 0 Å². The number of nitrogens with zero attached hydrogens (tertiary/aromatic N) is 3. The van der Waals surface area contributed by atoms with Gasteiger partial charge in [0.25, 0.3) is 5.56 Å². The molecule has 32 heavy (non-hydrogen) atoms. The van der Waals surface area contributed by atoms with Gasteiger partial charge in [-0.25, -0.2) is 4.98 Å². The second kappa shape index (κ2) is 9.33. The van der Waals surface area contributed by atoms with Crippen molar-refractivity contribution in [1.82, 2.24) is 9.55 Å². The molecule has 0 spiro atoms. The summed E-state index contributed by atoms with van der Waals surface area (Å²) < 4.78 is 6.95. The zero-order valence-corrected chi connectivity index (χ0v) is 19.5. The van der Waals surface area contributed by atoms with Crippen molar-refractivity contribution in [2.75, 3.05) is 24.6 Å². The van der Waals surface area contributed by atoms with E-state index in [0.717, 1.165) is 22.2 Å². The van der Waals surface area contributed by atoms with E-state index in [9.17, 15) is 9.59 Å². The first-order valence-corrected chi connectivity index (χ1v) is 11.5. The molecule has 0 N–H and O–H groups in total. The van der Waals surface area contributed by atoms with E-state index in [1.807, 2.05) is 57.2 Å². The summed E-state index contributed by atoms with van der Waals surface area (Å²) in [6.45, 7) is 7.84. The first-order valence-electron chi connectivity index (χ1n) is 11.2. The number of aryl methyl sites for hydroxylation is 2. The molecule has 1 aliphatic rings. The molecular weight excluding hydrogens is 426 g/mol. The average molecular weight is 454 g/mol. The minimum absolute atomic E-state index is 0.0670. The Morgan fingerprint density at radius 3 is 2.59 bits per heavy atom. The minimum Gasteiger partial charge on any atom is -0.466 e. The van der Waals surface area contributed by atoms with Crippen LogP contribution < -0.4 is 10.5 Å². The van der Waals surface area contributed by atoms with Crippen LogP contribution in [0.2, 0.25) is 5.02 Å². The summed E-state index contributed by atoms with van der Waals surface area (Å²) in [6.07, 6.45) is 1.31. The zero-order valence-electron chi connectivity index (χ0n) is 18.7. The molecule has 0 unspecified atom stereocenters. The van der Waals surface area contributed by atoms with E-state index in [1.54, 1.807) is 4.57 Å². The van der Waals surface area contributed by atoms with Crippen LogP contribution in [-0.4, -0.2) is 35.2 Å². The van der Waals surface area contributed by atoms with Gasteiger partial charge in [0.15, 0.2) is 0 Å². The number of anilines is 1. The average Bonchev–Trinajstić information content (AvgIpc) is 2.78. The summed E-state index contributed by atoms with van der Waals surface area (Å²) in [5, 5.41) is 1.53. The number of benzene rings is 1. The van der Waals surface area contributed by atoms with Crippen molar-refractivity contribution < 1.29 is 9.53 Å². The molecule has 2 aromatic heterocycles. The Labute approximate surface area is 192 Å². The van der Waals surface area contributed by atoms with Gasteiger partial charge in [0.05, 0.1) is 12.5 Å². The van der Waals surface area contributed by atoms with Crippen LogP contribution >= 0.6 is 11.6 Å². The number of pyridine rings is 2. The summed E-state index contributed by atoms with van der Waals surface area (Å²) in [5.74, 6) is -0.273. The summed E-state index contributed by atoms with van der Waals surface area (Å²) in [7, 11) is 0. The van der Waals surface area contributed by atoms with Gasteiger partial charge in [-0.1, -0.05) is 23.7 Å². The second-order valence-electron chi connectivity index (χ2n) is 8.12. The van der Waals surface area contributed by atoms with Crippen LogP contribution in [0.15, 0.2) is 41.2 Å². The highest BCUT2D eigenvalue weighted by Gasteiger charge is 2.30. The Hall–Kier alpha value is -2.86. The highest BCUT2D eigenvalue weighted by Crippen LogP contribution is 2.37. The van der Waals surface area contributed by atoms with Gasteiger partial charge < -0.3 is 9.64 Å². The van der Waals surface area contributed by atoms with E-state index in [4.69, 9.17) is 21.3 Å². The lowest BCUT2D eigenvalue weighted by Crippen LogP contribution is -2.41. The number of hydrogen-bond donors (Lipinski definition) is 0. The van der Waals surface area contributed by atoms with Crippen molar-refractivity contribution in [1.29, 1.82) is 0 Å². The van der Waals surface area contributed by atoms with Gasteiger partial charge in [-0.15, -0.1) is 0 Å². The van der Waals surface area contributed by atoms with Crippen molar-refractivity contribution in [3.63, 3.8) is 0 Å². The molecule has 0 bridgehead atoms. The number of esters is 1. The third-order valence-electron chi connectivity index (χ3n) is 6.08. The highest BCUT2D eigenvalue weighted by molar-refractivity contribution is 6.31. The standard InChI is InChI=1S/C25H28ClN3O3/c1-4-29-23-20(10-9-16(3)27-23)21(18-7-6-8-19(26)15-18)22(24(29)30)28-13-11-17(12-14-28)25(31)32-5-2/h6-10,15,17H,4-5,11-14H2,1-3H3. The summed E-state index contributed by atoms with van der Waals surface area (Å²) in [6, 6.07) is 11.6. The maximum Gasteiger partial charge on any atom is 0.309 e. The van der Waals surface area contributed by atoms with Gasteiger partial charge in [-0.3, -0.25) is 14.2 Å². The molecule has 0 atom stereocenters. The largest absolute Gasteiger partial charge is 0.466 e. The van der Waals surface area contributed by atoms with Crippen molar-refractivity contribution in [2.45, 2.75) is 40.2 Å². The van der Waals surface area contributed by atoms with Crippen molar-refractivity contribution in [2.24, 2.45) is 5.92 Å². The smallest absolute Gasteiger partial charge is 0.309 e. The molecular formula is C25H28ClN3O3. The molecule has 1 saturated heterocycles. The molecule has 3 heterocycles. The molecule has 1 fully saturated rings. The Kier molecular flexibility index (Phi) is 6.51. The number of fused-ring (bicyclic) bond motifs is 1. The molecule has 1 aliphatic heterocycles. The van der Waals surface area contributed by atoms with Crippen molar-refractivity contribution >= 4 is 34.3 Å². The van der Waals surface area contributed by atoms with Crippen LogP contribution in [0.25, 0.3) is 22.2 Å². The monoisotopic (exact) mass is 453 g/mol. The Balaban J connectivity index is 1.89. The lowest BCUT2D eigenvalue weighted by Gasteiger charge is -2.34. The Bertz CT molecular complexity index is 1210. The first-order chi connectivity index (χ1) is 15.4. The van der Waals surface area contributed by atoms with Gasteiger partial charge in [-0.2, -0.15) is 0 Å². The zero-order chi connectivity index (χ0) is 22.8. The molecule has 0 radical (unpaired) electrons. The van der Waals surface area contributed by atoms with Crippen LogP contribution in [0.1, 0.15) is 32.4 Å². The highest BCUT2D eigenvalue weighted by atomic mass is 35.5. The molecule has 0 aliphatic carbocycles. The summed E-state index contributed by atoms with van der Waals surface area (Å²) in [5.41, 5.74) is 3.85. The van der Waals surface area contributed by atoms with Crippen LogP contribution in [0.5, 0.6) is 0 Å². The van der Waals surface area contributed by atoms with Crippen molar-refractivity contribution in [3.05, 3.63) is 57.5 Å². The van der Waals surface area contributed by atoms with Crippen LogP contribution in [-0.2, 0) is 16.1 Å². The fourth-order valence-corrected chi connectivity index (χ4v) is 4.71. The lowest BCUT2D eigenvalue weighted by molar-refractivity contribution is -0.148. The number of ether oxygens (including phenoxy) is 1. The van der Waals surface area contributed by atoms with E-state index >= 15 is 0 Å². The first kappa shape index (κ1) is 22.3.